The Balaban J connectivity index is 3.53. The zero-order valence-electron chi connectivity index (χ0n) is 5.39. The van der Waals surface area contributed by atoms with Gasteiger partial charge < -0.3 is 10.1 Å². The van der Waals surface area contributed by atoms with E-state index in [2.05, 4.69) is 5.32 Å². The van der Waals surface area contributed by atoms with Crippen molar-refractivity contribution in [2.24, 2.45) is 0 Å². The second-order valence-electron chi connectivity index (χ2n) is 1.98. The summed E-state index contributed by atoms with van der Waals surface area (Å²) in [5, 5.41) is 2.47. The monoisotopic (exact) mass is 117 g/mol. The molecule has 0 bridgehead atoms. The van der Waals surface area contributed by atoms with E-state index >= 15 is 0 Å². The highest BCUT2D eigenvalue weighted by molar-refractivity contribution is 5.46. The molecule has 1 N–H and O–H groups in total. The van der Waals surface area contributed by atoms with Crippen molar-refractivity contribution in [1.29, 1.82) is 0 Å². The zero-order valence-corrected chi connectivity index (χ0v) is 5.39. The Kier molecular flexibility index (Phi) is 2.48. The van der Waals surface area contributed by atoms with Gasteiger partial charge in [-0.15, -0.1) is 0 Å². The molecular formula is C5H11NO2. The Morgan fingerprint density at radius 1 is 1.62 bits per heavy atom. The average Bonchev–Trinajstić information content (AvgIpc) is 1.67. The lowest BCUT2D eigenvalue weighted by atomic mass is 10.3. The van der Waals surface area contributed by atoms with Gasteiger partial charge in [-0.1, -0.05) is 0 Å². The number of rotatable bonds is 3. The summed E-state index contributed by atoms with van der Waals surface area (Å²) in [4.78, 5) is 9.79. The molecule has 0 heterocycles. The van der Waals surface area contributed by atoms with E-state index in [1.54, 1.807) is 13.8 Å². The molecule has 0 aliphatic heterocycles. The van der Waals surface area contributed by atoms with Gasteiger partial charge in [0.15, 0.2) is 0 Å². The largest absolute Gasteiger partial charge is 0.360 e. The Labute approximate surface area is 49.0 Å². The highest BCUT2D eigenvalue weighted by Crippen LogP contribution is 1.98. The van der Waals surface area contributed by atoms with Gasteiger partial charge in [-0.05, 0) is 13.8 Å². The van der Waals surface area contributed by atoms with E-state index in [-0.39, 0.29) is 0 Å². The summed E-state index contributed by atoms with van der Waals surface area (Å²) in [6.07, 6.45) is 0.615. The molecule has 3 heteroatoms. The maximum atomic E-state index is 9.79. The molecule has 0 radical (unpaired) electrons. The topological polar surface area (TPSA) is 38.3 Å². The minimum absolute atomic E-state index is 0.526. The number of hydrogen-bond donors (Lipinski definition) is 1. The van der Waals surface area contributed by atoms with E-state index in [0.29, 0.717) is 6.41 Å². The van der Waals surface area contributed by atoms with Crippen molar-refractivity contribution in [3.8, 4) is 0 Å². The van der Waals surface area contributed by atoms with Crippen LogP contribution >= 0.6 is 0 Å². The maximum absolute atomic E-state index is 9.79. The molecule has 0 aromatic heterocycles. The molecule has 0 fully saturated rings. The van der Waals surface area contributed by atoms with Gasteiger partial charge in [-0.2, -0.15) is 0 Å². The minimum Gasteiger partial charge on any atom is -0.360 e. The van der Waals surface area contributed by atoms with E-state index in [4.69, 9.17) is 4.74 Å². The van der Waals surface area contributed by atoms with Gasteiger partial charge in [0, 0.05) is 7.11 Å². The lowest BCUT2D eigenvalue weighted by molar-refractivity contribution is -0.116. The first-order valence-electron chi connectivity index (χ1n) is 2.39. The smallest absolute Gasteiger partial charge is 0.209 e. The molecule has 0 aromatic carbocycles. The first-order valence-corrected chi connectivity index (χ1v) is 2.39. The third-order valence-corrected chi connectivity index (χ3v) is 0.917. The molecule has 1 amide bonds. The lowest BCUT2D eigenvalue weighted by Crippen LogP contribution is -2.39. The Morgan fingerprint density at radius 3 is 2.25 bits per heavy atom. The van der Waals surface area contributed by atoms with E-state index in [9.17, 15) is 4.79 Å². The number of carbonyl (C=O) groups is 1. The summed E-state index contributed by atoms with van der Waals surface area (Å²) in [5.41, 5.74) is -0.526. The Bertz CT molecular complexity index is 80.5. The zero-order chi connectivity index (χ0) is 6.62. The molecule has 3 nitrogen and oxygen atoms in total. The van der Waals surface area contributed by atoms with Gasteiger partial charge in [0.2, 0.25) is 6.41 Å². The van der Waals surface area contributed by atoms with E-state index in [0.717, 1.165) is 0 Å². The SMILES string of the molecule is COC(C)(C)NC=O. The van der Waals surface area contributed by atoms with Crippen LogP contribution in [0.15, 0.2) is 0 Å². The quantitative estimate of drug-likeness (QED) is 0.421. The standard InChI is InChI=1S/C5H11NO2/c1-5(2,8-3)6-4-7/h4H,1-3H3,(H,6,7). The van der Waals surface area contributed by atoms with Gasteiger partial charge in [0.05, 0.1) is 0 Å². The van der Waals surface area contributed by atoms with Crippen molar-refractivity contribution >= 4 is 6.41 Å². The van der Waals surface area contributed by atoms with Crippen molar-refractivity contribution in [2.45, 2.75) is 19.6 Å². The van der Waals surface area contributed by atoms with Gasteiger partial charge in [-0.25, -0.2) is 0 Å². The molecule has 0 unspecified atom stereocenters. The minimum atomic E-state index is -0.526. The van der Waals surface area contributed by atoms with E-state index in [1.807, 2.05) is 0 Å². The Hall–Kier alpha value is -0.570. The molecule has 0 spiro atoms. The predicted molar refractivity (Wildman–Crippen MR) is 30.3 cm³/mol. The van der Waals surface area contributed by atoms with Gasteiger partial charge in [-0.3, -0.25) is 4.79 Å². The molecule has 48 valence electrons. The number of ether oxygens (including phenoxy) is 1. The average molecular weight is 117 g/mol. The van der Waals surface area contributed by atoms with Crippen LogP contribution in [0.1, 0.15) is 13.8 Å². The summed E-state index contributed by atoms with van der Waals surface area (Å²) in [7, 11) is 1.54. The second kappa shape index (κ2) is 2.67. The molecule has 0 saturated heterocycles. The maximum Gasteiger partial charge on any atom is 0.209 e. The third kappa shape index (κ3) is 2.58. The second-order valence-corrected chi connectivity index (χ2v) is 1.98. The van der Waals surface area contributed by atoms with Crippen molar-refractivity contribution in [3.05, 3.63) is 0 Å². The first-order chi connectivity index (χ1) is 3.62. The normalized spacial score (nSPS) is 10.9. The number of carbonyl (C=O) groups excluding carboxylic acids is 1. The first kappa shape index (κ1) is 7.43. The summed E-state index contributed by atoms with van der Waals surface area (Å²) in [6, 6.07) is 0. The van der Waals surface area contributed by atoms with Crippen LogP contribution in [0, 0.1) is 0 Å². The van der Waals surface area contributed by atoms with Crippen LogP contribution in [0.5, 0.6) is 0 Å². The fraction of sp³-hybridized carbons (Fsp3) is 0.800. The van der Waals surface area contributed by atoms with Crippen LogP contribution in [0.25, 0.3) is 0 Å². The molecule has 0 rings (SSSR count). The number of hydrogen-bond acceptors (Lipinski definition) is 2. The predicted octanol–water partition coefficient (Wildman–Crippen LogP) is 0.115. The molecule has 0 aliphatic rings. The number of nitrogens with one attached hydrogen (secondary N) is 1. The van der Waals surface area contributed by atoms with Crippen LogP contribution in [-0.2, 0) is 9.53 Å². The van der Waals surface area contributed by atoms with Crippen LogP contribution in [0.2, 0.25) is 0 Å². The molecule has 8 heavy (non-hydrogen) atoms. The van der Waals surface area contributed by atoms with E-state index in [1.165, 1.54) is 7.11 Å². The van der Waals surface area contributed by atoms with Gasteiger partial charge >= 0.3 is 0 Å². The highest BCUT2D eigenvalue weighted by atomic mass is 16.5. The third-order valence-electron chi connectivity index (χ3n) is 0.917. The molecule has 0 aromatic rings. The van der Waals surface area contributed by atoms with Gasteiger partial charge in [0.1, 0.15) is 5.72 Å². The van der Waals surface area contributed by atoms with Crippen LogP contribution in [0.4, 0.5) is 0 Å². The number of methoxy groups -OCH3 is 1. The van der Waals surface area contributed by atoms with Gasteiger partial charge in [0.25, 0.3) is 0 Å². The fourth-order valence-corrected chi connectivity index (χ4v) is 0.201. The molecule has 0 aliphatic carbocycles. The molecule has 0 saturated carbocycles. The fourth-order valence-electron chi connectivity index (χ4n) is 0.201. The van der Waals surface area contributed by atoms with Crippen LogP contribution in [-0.4, -0.2) is 19.2 Å². The van der Waals surface area contributed by atoms with Crippen molar-refractivity contribution < 1.29 is 9.53 Å². The van der Waals surface area contributed by atoms with Crippen LogP contribution in [0.3, 0.4) is 0 Å². The molecular weight excluding hydrogens is 106 g/mol. The molecule has 0 atom stereocenters. The van der Waals surface area contributed by atoms with E-state index < -0.39 is 5.72 Å². The summed E-state index contributed by atoms with van der Waals surface area (Å²) < 4.78 is 4.84. The summed E-state index contributed by atoms with van der Waals surface area (Å²) in [5.74, 6) is 0. The highest BCUT2D eigenvalue weighted by Gasteiger charge is 2.12. The Morgan fingerprint density at radius 2 is 2.12 bits per heavy atom. The number of amides is 1. The van der Waals surface area contributed by atoms with Crippen molar-refractivity contribution in [1.82, 2.24) is 5.32 Å². The van der Waals surface area contributed by atoms with Crippen LogP contribution < -0.4 is 5.32 Å². The summed E-state index contributed by atoms with van der Waals surface area (Å²) in [6.45, 7) is 3.53. The van der Waals surface area contributed by atoms with Crippen molar-refractivity contribution in [3.63, 3.8) is 0 Å². The lowest BCUT2D eigenvalue weighted by Gasteiger charge is -2.20. The summed E-state index contributed by atoms with van der Waals surface area (Å²) >= 11 is 0. The van der Waals surface area contributed by atoms with Crippen molar-refractivity contribution in [2.75, 3.05) is 7.11 Å².